The molecule has 0 saturated carbocycles. The van der Waals surface area contributed by atoms with Crippen molar-refractivity contribution >= 4 is 5.97 Å². The molecule has 2 nitrogen and oxygen atoms in total. The third kappa shape index (κ3) is 20.7. The molecule has 0 radical (unpaired) electrons. The highest BCUT2D eigenvalue weighted by atomic mass is 16.4. The van der Waals surface area contributed by atoms with Crippen LogP contribution in [0.15, 0.2) is 36.5 Å². The molecule has 0 aromatic rings. The van der Waals surface area contributed by atoms with E-state index in [9.17, 15) is 4.79 Å². The number of unbranched alkanes of at least 4 members (excludes halogenated alkanes) is 9. The van der Waals surface area contributed by atoms with Gasteiger partial charge in [-0.25, -0.2) is 0 Å². The summed E-state index contributed by atoms with van der Waals surface area (Å²) in [4.78, 5) is 10.4. The molecule has 2 heteroatoms. The summed E-state index contributed by atoms with van der Waals surface area (Å²) < 4.78 is 0. The van der Waals surface area contributed by atoms with Crippen molar-refractivity contribution < 1.29 is 9.90 Å². The Morgan fingerprint density at radius 3 is 1.67 bits per heavy atom. The molecule has 0 aliphatic heterocycles. The molecule has 0 aliphatic carbocycles. The van der Waals surface area contributed by atoms with Crippen LogP contribution in [0, 0.1) is 0 Å². The summed E-state index contributed by atoms with van der Waals surface area (Å²) in [5.74, 6) is -0.673. The fourth-order valence-corrected chi connectivity index (χ4v) is 2.54. The molecule has 0 saturated heterocycles. The van der Waals surface area contributed by atoms with Gasteiger partial charge in [0.1, 0.15) is 0 Å². The Bertz CT molecular complexity index is 353. The van der Waals surface area contributed by atoms with Crippen LogP contribution in [0.25, 0.3) is 0 Å². The summed E-state index contributed by atoms with van der Waals surface area (Å²) in [7, 11) is 0. The topological polar surface area (TPSA) is 37.3 Å². The van der Waals surface area contributed by atoms with Crippen LogP contribution in [0.3, 0.4) is 0 Å². The average Bonchev–Trinajstić information content (AvgIpc) is 2.56. The molecule has 0 spiro atoms. The summed E-state index contributed by atoms with van der Waals surface area (Å²) in [6, 6.07) is 0. The van der Waals surface area contributed by atoms with Gasteiger partial charge in [-0.2, -0.15) is 0 Å². The minimum Gasteiger partial charge on any atom is -0.481 e. The fraction of sp³-hybridized carbons (Fsp3) is 0.682. The van der Waals surface area contributed by atoms with Crippen molar-refractivity contribution in [2.75, 3.05) is 0 Å². The summed E-state index contributed by atoms with van der Waals surface area (Å²) in [5.41, 5.74) is 0. The maximum absolute atomic E-state index is 10.4. The van der Waals surface area contributed by atoms with E-state index in [1.165, 1.54) is 44.9 Å². The Kier molecular flexibility index (Phi) is 18.7. The van der Waals surface area contributed by atoms with Crippen LogP contribution in [0.4, 0.5) is 0 Å². The van der Waals surface area contributed by atoms with Gasteiger partial charge < -0.3 is 5.11 Å². The molecule has 0 aliphatic rings. The fourth-order valence-electron chi connectivity index (χ4n) is 2.54. The lowest BCUT2D eigenvalue weighted by molar-refractivity contribution is -0.137. The van der Waals surface area contributed by atoms with Crippen LogP contribution in [0.5, 0.6) is 0 Å². The molecule has 24 heavy (non-hydrogen) atoms. The van der Waals surface area contributed by atoms with Crippen molar-refractivity contribution in [3.63, 3.8) is 0 Å². The molecule has 0 rings (SSSR count). The monoisotopic (exact) mass is 334 g/mol. The van der Waals surface area contributed by atoms with Crippen molar-refractivity contribution in [2.24, 2.45) is 0 Å². The number of carbonyl (C=O) groups is 1. The smallest absolute Gasteiger partial charge is 0.303 e. The zero-order chi connectivity index (χ0) is 17.7. The predicted octanol–water partition coefficient (Wildman–Crippen LogP) is 7.22. The van der Waals surface area contributed by atoms with Crippen LogP contribution in [-0.2, 0) is 4.79 Å². The first-order valence-electron chi connectivity index (χ1n) is 9.94. The van der Waals surface area contributed by atoms with E-state index in [0.717, 1.165) is 38.5 Å². The molecule has 0 amide bonds. The Labute approximate surface area is 149 Å². The lowest BCUT2D eigenvalue weighted by Gasteiger charge is -1.98. The van der Waals surface area contributed by atoms with Crippen LogP contribution < -0.4 is 0 Å². The second-order valence-electron chi connectivity index (χ2n) is 6.44. The lowest BCUT2D eigenvalue weighted by atomic mass is 10.1. The maximum atomic E-state index is 10.4. The zero-order valence-corrected chi connectivity index (χ0v) is 15.7. The van der Waals surface area contributed by atoms with E-state index in [4.69, 9.17) is 5.11 Å². The second-order valence-corrected chi connectivity index (χ2v) is 6.44. The van der Waals surface area contributed by atoms with Gasteiger partial charge in [-0.1, -0.05) is 81.9 Å². The zero-order valence-electron chi connectivity index (χ0n) is 15.7. The molecule has 1 N–H and O–H groups in total. The van der Waals surface area contributed by atoms with Crippen molar-refractivity contribution in [1.82, 2.24) is 0 Å². The van der Waals surface area contributed by atoms with Gasteiger partial charge in [-0.3, -0.25) is 4.79 Å². The van der Waals surface area contributed by atoms with Crippen LogP contribution in [0.1, 0.15) is 96.8 Å². The minimum atomic E-state index is -0.673. The highest BCUT2D eigenvalue weighted by molar-refractivity contribution is 5.66. The van der Waals surface area contributed by atoms with Crippen LogP contribution in [-0.4, -0.2) is 11.1 Å². The highest BCUT2D eigenvalue weighted by Gasteiger charge is 1.95. The molecule has 0 aromatic carbocycles. The van der Waals surface area contributed by atoms with E-state index in [1.807, 2.05) is 0 Å². The van der Waals surface area contributed by atoms with E-state index >= 15 is 0 Å². The van der Waals surface area contributed by atoms with Gasteiger partial charge in [0, 0.05) is 6.42 Å². The Balaban J connectivity index is 3.27. The van der Waals surface area contributed by atoms with E-state index in [1.54, 1.807) is 0 Å². The number of allylic oxidation sites excluding steroid dienone is 6. The van der Waals surface area contributed by atoms with Crippen LogP contribution >= 0.6 is 0 Å². The summed E-state index contributed by atoms with van der Waals surface area (Å²) >= 11 is 0. The largest absolute Gasteiger partial charge is 0.481 e. The summed E-state index contributed by atoms with van der Waals surface area (Å²) in [6.07, 6.45) is 29.2. The maximum Gasteiger partial charge on any atom is 0.303 e. The van der Waals surface area contributed by atoms with E-state index in [0.29, 0.717) is 6.42 Å². The first-order valence-corrected chi connectivity index (χ1v) is 9.94. The third-order valence-corrected chi connectivity index (χ3v) is 4.03. The quantitative estimate of drug-likeness (QED) is 0.225. The number of carboxylic acid groups (broad SMARTS) is 1. The summed E-state index contributed by atoms with van der Waals surface area (Å²) in [5, 5.41) is 8.54. The highest BCUT2D eigenvalue weighted by Crippen LogP contribution is 2.08. The van der Waals surface area contributed by atoms with Gasteiger partial charge in [-0.05, 0) is 44.9 Å². The lowest BCUT2D eigenvalue weighted by Crippen LogP contribution is -1.93. The average molecular weight is 335 g/mol. The molecule has 0 bridgehead atoms. The van der Waals surface area contributed by atoms with Gasteiger partial charge in [0.25, 0.3) is 0 Å². The summed E-state index contributed by atoms with van der Waals surface area (Å²) in [6.45, 7) is 2.25. The van der Waals surface area contributed by atoms with Gasteiger partial charge in [0.15, 0.2) is 0 Å². The number of aliphatic carboxylic acids is 1. The number of hydrogen-bond acceptors (Lipinski definition) is 1. The van der Waals surface area contributed by atoms with Gasteiger partial charge in [-0.15, -0.1) is 0 Å². The van der Waals surface area contributed by atoms with E-state index in [2.05, 4.69) is 43.4 Å². The Hall–Kier alpha value is -1.31. The first-order chi connectivity index (χ1) is 11.8. The third-order valence-electron chi connectivity index (χ3n) is 4.03. The van der Waals surface area contributed by atoms with Gasteiger partial charge >= 0.3 is 5.97 Å². The first kappa shape index (κ1) is 22.7. The molecular weight excluding hydrogens is 296 g/mol. The molecule has 138 valence electrons. The van der Waals surface area contributed by atoms with Gasteiger partial charge in [0.05, 0.1) is 0 Å². The second kappa shape index (κ2) is 19.7. The number of rotatable bonds is 17. The Morgan fingerprint density at radius 1 is 0.667 bits per heavy atom. The van der Waals surface area contributed by atoms with Crippen LogP contribution in [0.2, 0.25) is 0 Å². The molecule has 0 aromatic heterocycles. The molecule has 0 fully saturated rings. The van der Waals surface area contributed by atoms with Gasteiger partial charge in [0.2, 0.25) is 0 Å². The van der Waals surface area contributed by atoms with Crippen molar-refractivity contribution in [2.45, 2.75) is 96.8 Å². The van der Waals surface area contributed by atoms with Crippen molar-refractivity contribution in [3.05, 3.63) is 36.5 Å². The van der Waals surface area contributed by atoms with Crippen molar-refractivity contribution in [3.8, 4) is 0 Å². The predicted molar refractivity (Wildman–Crippen MR) is 105 cm³/mol. The van der Waals surface area contributed by atoms with E-state index in [-0.39, 0.29) is 0 Å². The van der Waals surface area contributed by atoms with Crippen molar-refractivity contribution in [1.29, 1.82) is 0 Å². The standard InChI is InChI=1S/C22H38O2/c1-2-3-4-5-6-7-8-9-10-11-12-13-14-15-16-17-18-19-20-21-22(23)24/h7-8,10-11,13-14H,2-6,9,12,15-21H2,1H3,(H,23,24). The van der Waals surface area contributed by atoms with E-state index < -0.39 is 5.97 Å². The normalized spacial score (nSPS) is 12.0. The molecular formula is C22H38O2. The number of hydrogen-bond donors (Lipinski definition) is 1. The molecule has 0 atom stereocenters. The SMILES string of the molecule is CCCCCCC=CCC=CCC=CCCCCCCCC(=O)O. The Morgan fingerprint density at radius 2 is 1.12 bits per heavy atom. The molecule has 0 heterocycles. The number of carboxylic acids is 1. The minimum absolute atomic E-state index is 0.320. The molecule has 0 unspecified atom stereocenters.